The molecule has 0 unspecified atom stereocenters. The third kappa shape index (κ3) is 8.99. The van der Waals surface area contributed by atoms with Crippen LogP contribution in [0.3, 0.4) is 0 Å². The number of hydrogen-bond donors (Lipinski definition) is 1. The first kappa shape index (κ1) is 35.2. The second-order valence-corrected chi connectivity index (χ2v) is 12.2. The average Bonchev–Trinajstić information content (AvgIpc) is 3.65. The Morgan fingerprint density at radius 2 is 1.28 bits per heavy atom. The number of methoxy groups -OCH3 is 2. The highest BCUT2D eigenvalue weighted by Crippen LogP contribution is 2.30. The molecule has 0 atom stereocenters. The van der Waals surface area contributed by atoms with Crippen LogP contribution in [-0.4, -0.2) is 35.7 Å². The van der Waals surface area contributed by atoms with E-state index in [1.165, 1.54) is 14.2 Å². The van der Waals surface area contributed by atoms with E-state index in [2.05, 4.69) is 71.8 Å². The zero-order valence-electron chi connectivity index (χ0n) is 25.3. The minimum Gasteiger partial charge on any atom is -0.465 e. The van der Waals surface area contributed by atoms with Crippen molar-refractivity contribution in [1.29, 1.82) is 0 Å². The van der Waals surface area contributed by atoms with Gasteiger partial charge in [0.25, 0.3) is 0 Å². The summed E-state index contributed by atoms with van der Waals surface area (Å²) < 4.78 is 13.3. The van der Waals surface area contributed by atoms with E-state index >= 15 is 0 Å². The number of alkyl halides is 1. The maximum Gasteiger partial charge on any atom is 0.337 e. The lowest BCUT2D eigenvalue weighted by Crippen LogP contribution is -2.02. The molecule has 0 aliphatic carbocycles. The van der Waals surface area contributed by atoms with Gasteiger partial charge in [-0.25, -0.2) is 19.3 Å². The zero-order chi connectivity index (χ0) is 33.9. The van der Waals surface area contributed by atoms with Gasteiger partial charge in [0.2, 0.25) is 0 Å². The van der Waals surface area contributed by atoms with E-state index in [9.17, 15) is 9.59 Å². The SMILES string of the molecule is COC(=O)c1ccc(CBr)cc1.[C-]#[N+]c1ccc2[nH]cc(Br)c2c1.[C-]#[N+]c1ccc2c(c1)c(Br)cn2Cc1ccc(C(=O)OC)cc1. The van der Waals surface area contributed by atoms with Crippen LogP contribution in [0.25, 0.3) is 31.5 Å². The van der Waals surface area contributed by atoms with E-state index in [-0.39, 0.29) is 11.9 Å². The molecule has 6 rings (SSSR count). The van der Waals surface area contributed by atoms with Gasteiger partial charge in [-0.05, 0) is 91.5 Å². The van der Waals surface area contributed by atoms with Crippen LogP contribution >= 0.6 is 47.8 Å². The topological polar surface area (TPSA) is 82.0 Å². The molecule has 11 heteroatoms. The minimum atomic E-state index is -0.336. The highest BCUT2D eigenvalue weighted by Gasteiger charge is 2.09. The summed E-state index contributed by atoms with van der Waals surface area (Å²) in [6, 6.07) is 25.9. The third-order valence-corrected chi connectivity index (χ3v) is 8.88. The van der Waals surface area contributed by atoms with Gasteiger partial charge in [-0.2, -0.15) is 0 Å². The van der Waals surface area contributed by atoms with Crippen LogP contribution in [0.1, 0.15) is 31.8 Å². The number of nitrogens with zero attached hydrogens (tertiary/aromatic N) is 3. The number of nitrogens with one attached hydrogen (secondary N) is 1. The van der Waals surface area contributed by atoms with Crippen LogP contribution in [-0.2, 0) is 21.3 Å². The van der Waals surface area contributed by atoms with Gasteiger partial charge in [-0.3, -0.25) is 0 Å². The van der Waals surface area contributed by atoms with E-state index in [0.29, 0.717) is 29.0 Å². The number of ether oxygens (including phenoxy) is 2. The Bertz CT molecular complexity index is 2110. The van der Waals surface area contributed by atoms with Gasteiger partial charge in [0, 0.05) is 55.0 Å². The molecule has 0 fully saturated rings. The molecule has 2 aromatic heterocycles. The van der Waals surface area contributed by atoms with Crippen LogP contribution in [0.4, 0.5) is 11.4 Å². The molecule has 236 valence electrons. The van der Waals surface area contributed by atoms with Gasteiger partial charge < -0.3 is 19.0 Å². The Kier molecular flexibility index (Phi) is 12.5. The molecule has 0 spiro atoms. The fourth-order valence-corrected chi connectivity index (χ4v) is 5.88. The highest BCUT2D eigenvalue weighted by molar-refractivity contribution is 9.11. The second-order valence-electron chi connectivity index (χ2n) is 9.91. The van der Waals surface area contributed by atoms with Crippen LogP contribution < -0.4 is 0 Å². The quantitative estimate of drug-likeness (QED) is 0.107. The first-order valence-electron chi connectivity index (χ1n) is 13.9. The smallest absolute Gasteiger partial charge is 0.337 e. The molecule has 0 bridgehead atoms. The lowest BCUT2D eigenvalue weighted by atomic mass is 10.1. The number of halogens is 3. The number of hydrogen-bond acceptors (Lipinski definition) is 4. The van der Waals surface area contributed by atoms with Crippen molar-refractivity contribution >= 4 is 92.9 Å². The monoisotopic (exact) mass is 816 g/mol. The first-order chi connectivity index (χ1) is 22.7. The van der Waals surface area contributed by atoms with E-state index in [4.69, 9.17) is 17.9 Å². The van der Waals surface area contributed by atoms with E-state index in [0.717, 1.165) is 47.2 Å². The maximum absolute atomic E-state index is 11.5. The van der Waals surface area contributed by atoms with E-state index < -0.39 is 0 Å². The number of H-pyrrole nitrogens is 1. The molecule has 0 radical (unpaired) electrons. The second kappa shape index (κ2) is 16.8. The summed E-state index contributed by atoms with van der Waals surface area (Å²) in [4.78, 5) is 32.4. The molecular weight excluding hydrogens is 792 g/mol. The predicted octanol–water partition coefficient (Wildman–Crippen LogP) is 10.6. The van der Waals surface area contributed by atoms with Crippen LogP contribution in [0, 0.1) is 13.1 Å². The van der Waals surface area contributed by atoms with Crippen molar-refractivity contribution < 1.29 is 19.1 Å². The van der Waals surface area contributed by atoms with Gasteiger partial charge in [-0.15, -0.1) is 0 Å². The lowest BCUT2D eigenvalue weighted by molar-refractivity contribution is 0.0592. The molecule has 2 heterocycles. The van der Waals surface area contributed by atoms with E-state index in [1.54, 1.807) is 30.3 Å². The molecule has 0 saturated heterocycles. The largest absolute Gasteiger partial charge is 0.465 e. The predicted molar refractivity (Wildman–Crippen MR) is 195 cm³/mol. The fourth-order valence-electron chi connectivity index (χ4n) is 4.49. The number of carbonyl (C=O) groups excluding carboxylic acids is 2. The summed E-state index contributed by atoms with van der Waals surface area (Å²) in [6.07, 6.45) is 3.88. The number of carbonyl (C=O) groups is 2. The summed E-state index contributed by atoms with van der Waals surface area (Å²) in [7, 11) is 2.75. The fraction of sp³-hybridized carbons (Fsp3) is 0.111. The summed E-state index contributed by atoms with van der Waals surface area (Å²) in [5.74, 6) is -0.631. The third-order valence-electron chi connectivity index (χ3n) is 6.95. The van der Waals surface area contributed by atoms with Gasteiger partial charge in [-0.1, -0.05) is 52.3 Å². The Morgan fingerprint density at radius 3 is 1.81 bits per heavy atom. The molecule has 8 nitrogen and oxygen atoms in total. The van der Waals surface area contributed by atoms with E-state index in [1.807, 2.05) is 67.0 Å². The number of aromatic amines is 1. The Balaban J connectivity index is 0.000000176. The maximum atomic E-state index is 11.5. The standard InChI is InChI=1S/C18H13BrN2O2.C9H5BrN2.C9H9BrO2/c1-20-14-7-8-17-15(9-14)16(19)11-21(17)10-12-3-5-13(6-4-12)18(22)23-2;1-11-6-2-3-9-7(4-6)8(10)5-12-9;1-12-9(11)8-4-2-7(6-10)3-5-8/h3-9,11H,10H2,2H3;2-5,12H;2-5H,6H2,1H3. The van der Waals surface area contributed by atoms with Crippen molar-refractivity contribution in [3.63, 3.8) is 0 Å². The molecular formula is C36H27Br3N4O4. The molecule has 6 aromatic rings. The number of benzene rings is 4. The van der Waals surface area contributed by atoms with Crippen molar-refractivity contribution in [2.45, 2.75) is 11.9 Å². The van der Waals surface area contributed by atoms with Gasteiger partial charge in [0.15, 0.2) is 11.4 Å². The molecule has 47 heavy (non-hydrogen) atoms. The van der Waals surface area contributed by atoms with Crippen LogP contribution in [0.5, 0.6) is 0 Å². The summed E-state index contributed by atoms with van der Waals surface area (Å²) in [5, 5.41) is 2.88. The summed E-state index contributed by atoms with van der Waals surface area (Å²) >= 11 is 10.3. The zero-order valence-corrected chi connectivity index (χ0v) is 30.0. The van der Waals surface area contributed by atoms with Crippen molar-refractivity contribution in [1.82, 2.24) is 9.55 Å². The molecule has 0 saturated carbocycles. The highest BCUT2D eigenvalue weighted by atomic mass is 79.9. The molecule has 4 aromatic carbocycles. The summed E-state index contributed by atoms with van der Waals surface area (Å²) in [5.41, 5.74) is 6.74. The molecule has 0 amide bonds. The normalized spacial score (nSPS) is 10.1. The van der Waals surface area contributed by atoms with Crippen LogP contribution in [0.15, 0.2) is 106 Å². The van der Waals surface area contributed by atoms with Crippen molar-refractivity contribution in [2.24, 2.45) is 0 Å². The molecule has 1 N–H and O–H groups in total. The molecule has 0 aliphatic rings. The molecule has 0 aliphatic heterocycles. The number of aromatic nitrogens is 2. The van der Waals surface area contributed by atoms with Crippen molar-refractivity contribution in [2.75, 3.05) is 14.2 Å². The van der Waals surface area contributed by atoms with Crippen molar-refractivity contribution in [3.05, 3.63) is 151 Å². The van der Waals surface area contributed by atoms with Gasteiger partial charge in [0.1, 0.15) is 0 Å². The number of rotatable bonds is 5. The Morgan fingerprint density at radius 1 is 0.745 bits per heavy atom. The average molecular weight is 819 g/mol. The van der Waals surface area contributed by atoms with Gasteiger partial charge in [0.05, 0.1) is 38.5 Å². The lowest BCUT2D eigenvalue weighted by Gasteiger charge is -2.07. The summed E-state index contributed by atoms with van der Waals surface area (Å²) in [6.45, 7) is 14.6. The minimum absolute atomic E-state index is 0.295. The Hall–Kier alpha value is -4.68. The first-order valence-corrected chi connectivity index (χ1v) is 16.6. The number of fused-ring (bicyclic) bond motifs is 2. The number of esters is 2. The van der Waals surface area contributed by atoms with Crippen LogP contribution in [0.2, 0.25) is 0 Å². The van der Waals surface area contributed by atoms with Gasteiger partial charge >= 0.3 is 11.9 Å². The Labute approximate surface area is 297 Å². The van der Waals surface area contributed by atoms with Crippen molar-refractivity contribution in [3.8, 4) is 0 Å².